The number of carboxylic acids is 2. The van der Waals surface area contributed by atoms with E-state index in [0.717, 1.165) is 11.4 Å². The molecule has 10 nitrogen and oxygen atoms in total. The predicted molar refractivity (Wildman–Crippen MR) is 126 cm³/mol. The van der Waals surface area contributed by atoms with Gasteiger partial charge in [-0.3, -0.25) is 0 Å². The molecular formula is C24H30N2O8. The minimum Gasteiger partial charge on any atom is -0.495 e. The zero-order chi connectivity index (χ0) is 24.5. The molecular weight excluding hydrogens is 444 g/mol. The first kappa shape index (κ1) is 25.1. The molecule has 1 aliphatic heterocycles. The molecule has 10 heteroatoms. The highest BCUT2D eigenvalue weighted by atomic mass is 16.5. The summed E-state index contributed by atoms with van der Waals surface area (Å²) < 4.78 is 22.6. The minimum atomic E-state index is -1.33. The van der Waals surface area contributed by atoms with Gasteiger partial charge in [-0.15, -0.1) is 0 Å². The topological polar surface area (TPSA) is 118 Å². The number of hydrogen-bond acceptors (Lipinski definition) is 8. The van der Waals surface area contributed by atoms with Crippen LogP contribution in [0.5, 0.6) is 11.5 Å². The molecule has 0 unspecified atom stereocenters. The highest BCUT2D eigenvalue weighted by Crippen LogP contribution is 2.32. The van der Waals surface area contributed by atoms with Crippen LogP contribution in [0.1, 0.15) is 20.7 Å². The number of benzene rings is 2. The molecule has 0 spiro atoms. The number of nitrogens with zero attached hydrogens (tertiary/aromatic N) is 2. The number of rotatable bonds is 6. The van der Waals surface area contributed by atoms with Crippen LogP contribution in [0.4, 0.5) is 11.4 Å². The largest absolute Gasteiger partial charge is 0.495 e. The molecule has 0 saturated carbocycles. The first-order valence-electron chi connectivity index (χ1n) is 10.9. The number of carbonyl (C=O) groups is 2. The Balaban J connectivity index is 1.76. The van der Waals surface area contributed by atoms with Crippen LogP contribution in [0.3, 0.4) is 0 Å². The van der Waals surface area contributed by atoms with Crippen LogP contribution in [-0.4, -0.2) is 89.0 Å². The van der Waals surface area contributed by atoms with E-state index >= 15 is 0 Å². The summed E-state index contributed by atoms with van der Waals surface area (Å²) in [5.41, 5.74) is 0.820. The van der Waals surface area contributed by atoms with Gasteiger partial charge in [0, 0.05) is 26.2 Å². The van der Waals surface area contributed by atoms with Crippen molar-refractivity contribution >= 4 is 23.3 Å². The Labute approximate surface area is 198 Å². The summed E-state index contributed by atoms with van der Waals surface area (Å²) in [7, 11) is 3.06. The monoisotopic (exact) mass is 474 g/mol. The van der Waals surface area contributed by atoms with Crippen molar-refractivity contribution in [3.05, 3.63) is 47.5 Å². The van der Waals surface area contributed by atoms with Crippen LogP contribution in [0, 0.1) is 0 Å². The van der Waals surface area contributed by atoms with Crippen LogP contribution in [0.2, 0.25) is 0 Å². The molecule has 34 heavy (non-hydrogen) atoms. The second-order valence-electron chi connectivity index (χ2n) is 7.55. The van der Waals surface area contributed by atoms with Crippen LogP contribution in [-0.2, 0) is 9.47 Å². The summed E-state index contributed by atoms with van der Waals surface area (Å²) in [6.45, 7) is 3.88. The van der Waals surface area contributed by atoms with Crippen molar-refractivity contribution in [2.75, 3.05) is 76.6 Å². The van der Waals surface area contributed by atoms with Crippen molar-refractivity contribution in [3.8, 4) is 11.5 Å². The van der Waals surface area contributed by atoms with Crippen molar-refractivity contribution in [1.82, 2.24) is 0 Å². The van der Waals surface area contributed by atoms with Crippen molar-refractivity contribution < 1.29 is 38.7 Å². The lowest BCUT2D eigenvalue weighted by molar-refractivity contribution is 0.0651. The number of hydrogen-bond donors (Lipinski definition) is 2. The smallest absolute Gasteiger partial charge is 0.336 e. The summed E-state index contributed by atoms with van der Waals surface area (Å²) in [5.74, 6) is -1.59. The number of anilines is 2. The second-order valence-corrected chi connectivity index (χ2v) is 7.55. The second kappa shape index (κ2) is 12.1. The van der Waals surface area contributed by atoms with Gasteiger partial charge in [0.05, 0.1) is 63.1 Å². The van der Waals surface area contributed by atoms with Gasteiger partial charge in [-0.2, -0.15) is 0 Å². The Morgan fingerprint density at radius 2 is 1.21 bits per heavy atom. The maximum absolute atomic E-state index is 11.7. The summed E-state index contributed by atoms with van der Waals surface area (Å²) in [6.07, 6.45) is 0. The van der Waals surface area contributed by atoms with E-state index in [2.05, 4.69) is 4.90 Å². The molecule has 0 aliphatic carbocycles. The molecule has 3 rings (SSSR count). The van der Waals surface area contributed by atoms with Gasteiger partial charge in [-0.1, -0.05) is 12.1 Å². The van der Waals surface area contributed by atoms with E-state index in [1.165, 1.54) is 19.2 Å². The Kier molecular flexibility index (Phi) is 8.94. The molecule has 1 saturated heterocycles. The number of carboxylic acid groups (broad SMARTS) is 2. The first-order valence-corrected chi connectivity index (χ1v) is 10.9. The summed E-state index contributed by atoms with van der Waals surface area (Å²) in [5, 5.41) is 18.9. The molecule has 1 fully saturated rings. The molecule has 2 N–H and O–H groups in total. The maximum atomic E-state index is 11.7. The van der Waals surface area contributed by atoms with E-state index in [1.807, 2.05) is 29.2 Å². The molecule has 2 aromatic carbocycles. The zero-order valence-corrected chi connectivity index (χ0v) is 19.4. The summed E-state index contributed by atoms with van der Waals surface area (Å²) in [4.78, 5) is 27.2. The molecule has 0 radical (unpaired) electrons. The van der Waals surface area contributed by atoms with Crippen LogP contribution in [0.25, 0.3) is 0 Å². The lowest BCUT2D eigenvalue weighted by Gasteiger charge is -2.30. The quantitative estimate of drug-likeness (QED) is 0.646. The Bertz CT molecular complexity index is 983. The van der Waals surface area contributed by atoms with Crippen molar-refractivity contribution in [3.63, 3.8) is 0 Å². The van der Waals surface area contributed by atoms with Gasteiger partial charge in [0.1, 0.15) is 11.5 Å². The molecule has 0 aromatic heterocycles. The van der Waals surface area contributed by atoms with E-state index in [0.29, 0.717) is 58.3 Å². The number of para-hydroxylation sites is 2. The lowest BCUT2D eigenvalue weighted by atomic mass is 10.0. The molecule has 184 valence electrons. The summed E-state index contributed by atoms with van der Waals surface area (Å²) in [6, 6.07) is 10.4. The molecule has 0 amide bonds. The number of aromatic carboxylic acids is 2. The first-order chi connectivity index (χ1) is 16.5. The van der Waals surface area contributed by atoms with Crippen molar-refractivity contribution in [2.45, 2.75) is 0 Å². The third-order valence-corrected chi connectivity index (χ3v) is 5.57. The van der Waals surface area contributed by atoms with Gasteiger partial charge >= 0.3 is 11.9 Å². The van der Waals surface area contributed by atoms with Gasteiger partial charge in [-0.25, -0.2) is 9.59 Å². The molecule has 0 bridgehead atoms. The Hall–Kier alpha value is -3.50. The van der Waals surface area contributed by atoms with E-state index in [4.69, 9.17) is 18.9 Å². The molecule has 1 heterocycles. The fraction of sp³-hybridized carbons (Fsp3) is 0.417. The highest BCUT2D eigenvalue weighted by molar-refractivity contribution is 6.03. The molecule has 1 aliphatic rings. The van der Waals surface area contributed by atoms with Crippen LogP contribution >= 0.6 is 0 Å². The average molecular weight is 475 g/mol. The Morgan fingerprint density at radius 1 is 0.735 bits per heavy atom. The third-order valence-electron chi connectivity index (χ3n) is 5.57. The van der Waals surface area contributed by atoms with E-state index in [-0.39, 0.29) is 16.9 Å². The van der Waals surface area contributed by atoms with Crippen molar-refractivity contribution in [1.29, 1.82) is 0 Å². The SMILES string of the molecule is COc1ccccc1N1CCOCCN(c2cc(C(=O)O)c(C(=O)O)cc2OC)CCOCC1. The molecule has 0 atom stereocenters. The minimum absolute atomic E-state index is 0.275. The maximum Gasteiger partial charge on any atom is 0.336 e. The fourth-order valence-electron chi connectivity index (χ4n) is 3.83. The number of ether oxygens (including phenoxy) is 4. The Morgan fingerprint density at radius 3 is 1.71 bits per heavy atom. The van der Waals surface area contributed by atoms with Gasteiger partial charge in [-0.05, 0) is 24.3 Å². The lowest BCUT2D eigenvalue weighted by Crippen LogP contribution is -2.36. The zero-order valence-electron chi connectivity index (χ0n) is 19.4. The van der Waals surface area contributed by atoms with Gasteiger partial charge in [0.2, 0.25) is 0 Å². The van der Waals surface area contributed by atoms with Gasteiger partial charge in [0.15, 0.2) is 0 Å². The summed E-state index contributed by atoms with van der Waals surface area (Å²) >= 11 is 0. The molecule has 2 aromatic rings. The third kappa shape index (κ3) is 6.09. The van der Waals surface area contributed by atoms with Crippen LogP contribution < -0.4 is 19.3 Å². The average Bonchev–Trinajstić information content (AvgIpc) is 2.83. The van der Waals surface area contributed by atoms with E-state index in [9.17, 15) is 19.8 Å². The standard InChI is InChI=1S/C24H30N2O8/c1-31-21-6-4-3-5-19(21)25-7-11-33-13-9-26(10-14-34-12-8-25)20-15-17(23(27)28)18(24(29)30)16-22(20)32-2/h3-6,15-16H,7-14H2,1-2H3,(H,27,28)(H,29,30). The fourth-order valence-corrected chi connectivity index (χ4v) is 3.83. The van der Waals surface area contributed by atoms with E-state index < -0.39 is 11.9 Å². The normalized spacial score (nSPS) is 15.7. The van der Waals surface area contributed by atoms with Crippen molar-refractivity contribution in [2.24, 2.45) is 0 Å². The predicted octanol–water partition coefficient (Wildman–Crippen LogP) is 2.46. The van der Waals surface area contributed by atoms with E-state index in [1.54, 1.807) is 7.11 Å². The number of methoxy groups -OCH3 is 2. The van der Waals surface area contributed by atoms with Crippen LogP contribution in [0.15, 0.2) is 36.4 Å². The van der Waals surface area contributed by atoms with Gasteiger partial charge < -0.3 is 39.0 Å². The highest BCUT2D eigenvalue weighted by Gasteiger charge is 2.23. The van der Waals surface area contributed by atoms with Gasteiger partial charge in [0.25, 0.3) is 0 Å².